The van der Waals surface area contributed by atoms with Crippen molar-refractivity contribution >= 4 is 28.7 Å². The maximum atomic E-state index is 8.86. The minimum Gasteiger partial charge on any atom is -0.397 e. The molecule has 19 heavy (non-hydrogen) atoms. The lowest BCUT2D eigenvalue weighted by atomic mass is 10.1. The average Bonchev–Trinajstić information content (AvgIpc) is 2.43. The van der Waals surface area contributed by atoms with E-state index in [2.05, 4.69) is 5.32 Å². The van der Waals surface area contributed by atoms with Gasteiger partial charge in [0.05, 0.1) is 45.4 Å². The predicted octanol–water partition coefficient (Wildman–Crippen LogP) is 3.41. The number of hydrogen-bond acceptors (Lipinski definition) is 4. The molecule has 92 valence electrons. The second-order valence-electron chi connectivity index (χ2n) is 3.85. The highest BCUT2D eigenvalue weighted by Gasteiger charge is 2.05. The van der Waals surface area contributed by atoms with Crippen LogP contribution in [0.15, 0.2) is 36.4 Å². The van der Waals surface area contributed by atoms with Crippen LogP contribution in [0.4, 0.5) is 17.1 Å². The van der Waals surface area contributed by atoms with Gasteiger partial charge in [0.2, 0.25) is 0 Å². The highest BCUT2D eigenvalue weighted by Crippen LogP contribution is 2.29. The number of anilines is 3. The molecule has 0 fully saturated rings. The molecule has 0 heterocycles. The Hall–Kier alpha value is -2.69. The van der Waals surface area contributed by atoms with Gasteiger partial charge < -0.3 is 11.1 Å². The van der Waals surface area contributed by atoms with Crippen molar-refractivity contribution in [1.82, 2.24) is 0 Å². The van der Waals surface area contributed by atoms with Crippen molar-refractivity contribution in [1.29, 1.82) is 10.5 Å². The average molecular weight is 269 g/mol. The van der Waals surface area contributed by atoms with Crippen LogP contribution in [-0.4, -0.2) is 0 Å². The molecule has 2 aromatic carbocycles. The fraction of sp³-hybridized carbons (Fsp3) is 0. The lowest BCUT2D eigenvalue weighted by molar-refractivity contribution is 1.46. The molecule has 0 amide bonds. The molecule has 0 aromatic heterocycles. The lowest BCUT2D eigenvalue weighted by Crippen LogP contribution is -1.97. The van der Waals surface area contributed by atoms with Crippen LogP contribution in [0.2, 0.25) is 5.02 Å². The molecule has 0 atom stereocenters. The summed E-state index contributed by atoms with van der Waals surface area (Å²) in [4.78, 5) is 0. The Bertz CT molecular complexity index is 710. The third-order valence-corrected chi connectivity index (χ3v) is 2.86. The molecular weight excluding hydrogens is 260 g/mol. The van der Waals surface area contributed by atoms with E-state index >= 15 is 0 Å². The van der Waals surface area contributed by atoms with Crippen LogP contribution < -0.4 is 11.1 Å². The summed E-state index contributed by atoms with van der Waals surface area (Å²) in [5.74, 6) is 0. The molecule has 4 nitrogen and oxygen atoms in total. The molecule has 0 unspecified atom stereocenters. The first kappa shape index (κ1) is 12.8. The summed E-state index contributed by atoms with van der Waals surface area (Å²) < 4.78 is 0. The Balaban J connectivity index is 2.37. The molecule has 0 aliphatic heterocycles. The Kier molecular flexibility index (Phi) is 3.56. The summed E-state index contributed by atoms with van der Waals surface area (Å²) in [5, 5.41) is 21.1. The van der Waals surface area contributed by atoms with E-state index in [1.165, 1.54) is 0 Å². The summed E-state index contributed by atoms with van der Waals surface area (Å²) in [5.41, 5.74) is 8.56. The van der Waals surface area contributed by atoms with Gasteiger partial charge in [-0.05, 0) is 36.4 Å². The van der Waals surface area contributed by atoms with Crippen LogP contribution in [0.5, 0.6) is 0 Å². The second-order valence-corrected chi connectivity index (χ2v) is 4.25. The number of hydrogen-bond donors (Lipinski definition) is 2. The topological polar surface area (TPSA) is 85.6 Å². The number of nitrogen functional groups attached to an aromatic ring is 1. The third kappa shape index (κ3) is 2.77. The summed E-state index contributed by atoms with van der Waals surface area (Å²) in [6.45, 7) is 0. The summed E-state index contributed by atoms with van der Waals surface area (Å²) in [7, 11) is 0. The Morgan fingerprint density at radius 3 is 2.21 bits per heavy atom. The van der Waals surface area contributed by atoms with Gasteiger partial charge in [-0.3, -0.25) is 0 Å². The number of rotatable bonds is 2. The summed E-state index contributed by atoms with van der Waals surface area (Å²) in [6.07, 6.45) is 0. The van der Waals surface area contributed by atoms with Crippen molar-refractivity contribution in [2.75, 3.05) is 11.1 Å². The molecule has 3 N–H and O–H groups in total. The molecular formula is C14H9ClN4. The number of nitrogens with zero attached hydrogens (tertiary/aromatic N) is 2. The van der Waals surface area contributed by atoms with E-state index in [0.29, 0.717) is 33.2 Å². The molecule has 0 spiro atoms. The molecule has 0 radical (unpaired) electrons. The Labute approximate surface area is 115 Å². The normalized spacial score (nSPS) is 9.42. The van der Waals surface area contributed by atoms with E-state index in [0.717, 1.165) is 0 Å². The second kappa shape index (κ2) is 5.30. The molecule has 2 rings (SSSR count). The fourth-order valence-electron chi connectivity index (χ4n) is 1.57. The van der Waals surface area contributed by atoms with Gasteiger partial charge >= 0.3 is 0 Å². The van der Waals surface area contributed by atoms with Crippen molar-refractivity contribution in [3.8, 4) is 12.1 Å². The number of nitrogens with one attached hydrogen (secondary N) is 1. The van der Waals surface area contributed by atoms with E-state index in [4.69, 9.17) is 27.9 Å². The smallest absolute Gasteiger partial charge is 0.0992 e. The van der Waals surface area contributed by atoms with E-state index < -0.39 is 0 Å². The van der Waals surface area contributed by atoms with E-state index in [1.807, 2.05) is 12.1 Å². The van der Waals surface area contributed by atoms with Crippen LogP contribution in [0.3, 0.4) is 0 Å². The first-order chi connectivity index (χ1) is 9.13. The van der Waals surface area contributed by atoms with Crippen molar-refractivity contribution < 1.29 is 0 Å². The SMILES string of the molecule is N#Cc1ccc(Nc2cc(C#N)ccc2N)c(Cl)c1. The highest BCUT2D eigenvalue weighted by molar-refractivity contribution is 6.33. The summed E-state index contributed by atoms with van der Waals surface area (Å²) in [6, 6.07) is 13.9. The van der Waals surface area contributed by atoms with E-state index in [9.17, 15) is 0 Å². The Morgan fingerprint density at radius 1 is 0.947 bits per heavy atom. The summed E-state index contributed by atoms with van der Waals surface area (Å²) >= 11 is 6.06. The quantitative estimate of drug-likeness (QED) is 0.817. The molecule has 0 aliphatic carbocycles. The zero-order valence-corrected chi connectivity index (χ0v) is 10.6. The number of nitriles is 2. The van der Waals surface area contributed by atoms with Crippen molar-refractivity contribution in [2.45, 2.75) is 0 Å². The zero-order valence-electron chi connectivity index (χ0n) is 9.81. The maximum Gasteiger partial charge on any atom is 0.0992 e. The fourth-order valence-corrected chi connectivity index (χ4v) is 1.79. The van der Waals surface area contributed by atoms with Crippen molar-refractivity contribution in [2.24, 2.45) is 0 Å². The first-order valence-corrected chi connectivity index (χ1v) is 5.78. The van der Waals surface area contributed by atoms with Crippen LogP contribution in [0, 0.1) is 22.7 Å². The van der Waals surface area contributed by atoms with Gasteiger partial charge in [0.25, 0.3) is 0 Å². The molecule has 0 saturated heterocycles. The van der Waals surface area contributed by atoms with E-state index in [-0.39, 0.29) is 0 Å². The van der Waals surface area contributed by atoms with Gasteiger partial charge in [-0.25, -0.2) is 0 Å². The molecule has 2 aromatic rings. The molecule has 5 heteroatoms. The van der Waals surface area contributed by atoms with Crippen LogP contribution in [0.1, 0.15) is 11.1 Å². The van der Waals surface area contributed by atoms with Crippen LogP contribution in [0.25, 0.3) is 0 Å². The standard InChI is InChI=1S/C14H9ClN4/c15-11-5-9(7-16)2-4-13(11)19-14-6-10(8-17)1-3-12(14)18/h1-6,19H,18H2. The Morgan fingerprint density at radius 2 is 1.58 bits per heavy atom. The van der Waals surface area contributed by atoms with Gasteiger partial charge in [-0.15, -0.1) is 0 Å². The maximum absolute atomic E-state index is 8.86. The number of nitrogens with two attached hydrogens (primary N) is 1. The number of benzene rings is 2. The number of halogens is 1. The van der Waals surface area contributed by atoms with Crippen molar-refractivity contribution in [3.05, 3.63) is 52.5 Å². The third-order valence-electron chi connectivity index (χ3n) is 2.55. The largest absolute Gasteiger partial charge is 0.397 e. The predicted molar refractivity (Wildman–Crippen MR) is 75.0 cm³/mol. The van der Waals surface area contributed by atoms with Gasteiger partial charge in [0, 0.05) is 0 Å². The molecule has 0 bridgehead atoms. The van der Waals surface area contributed by atoms with Gasteiger partial charge in [-0.2, -0.15) is 10.5 Å². The van der Waals surface area contributed by atoms with Gasteiger partial charge in [0.15, 0.2) is 0 Å². The van der Waals surface area contributed by atoms with Crippen molar-refractivity contribution in [3.63, 3.8) is 0 Å². The highest BCUT2D eigenvalue weighted by atomic mass is 35.5. The lowest BCUT2D eigenvalue weighted by Gasteiger charge is -2.11. The van der Waals surface area contributed by atoms with E-state index in [1.54, 1.807) is 36.4 Å². The first-order valence-electron chi connectivity index (χ1n) is 5.40. The minimum atomic E-state index is 0.417. The molecule has 0 aliphatic rings. The van der Waals surface area contributed by atoms with Gasteiger partial charge in [0.1, 0.15) is 0 Å². The molecule has 0 saturated carbocycles. The zero-order chi connectivity index (χ0) is 13.8. The van der Waals surface area contributed by atoms with Gasteiger partial charge in [-0.1, -0.05) is 11.6 Å². The van der Waals surface area contributed by atoms with Crippen LogP contribution in [-0.2, 0) is 0 Å². The minimum absolute atomic E-state index is 0.417. The van der Waals surface area contributed by atoms with Crippen LogP contribution >= 0.6 is 11.6 Å². The monoisotopic (exact) mass is 268 g/mol.